The SMILES string of the molecule is O=C([O-])c1cc(S(=O)(=O)Nc2ccc(Cl)c(C(F)(F)F)c2)c(Cl)cc1Cl. The number of carboxylic acid groups (broad SMARTS) is 1. The molecule has 26 heavy (non-hydrogen) atoms. The summed E-state index contributed by atoms with van der Waals surface area (Å²) in [6.07, 6.45) is -4.81. The molecule has 1 N–H and O–H groups in total. The third kappa shape index (κ3) is 4.35. The second-order valence-electron chi connectivity index (χ2n) is 4.85. The maximum atomic E-state index is 12.9. The molecular weight excluding hydrogens is 442 g/mol. The number of sulfonamides is 1. The van der Waals surface area contributed by atoms with Crippen LogP contribution in [0.1, 0.15) is 15.9 Å². The molecule has 0 saturated carbocycles. The van der Waals surface area contributed by atoms with Gasteiger partial charge in [0.25, 0.3) is 10.0 Å². The van der Waals surface area contributed by atoms with Gasteiger partial charge in [0.15, 0.2) is 0 Å². The van der Waals surface area contributed by atoms with Crippen molar-refractivity contribution in [1.29, 1.82) is 0 Å². The Morgan fingerprint density at radius 3 is 2.15 bits per heavy atom. The van der Waals surface area contributed by atoms with Crippen LogP contribution in [-0.4, -0.2) is 14.4 Å². The Morgan fingerprint density at radius 1 is 1.00 bits per heavy atom. The van der Waals surface area contributed by atoms with Gasteiger partial charge in [-0.25, -0.2) is 8.42 Å². The molecule has 140 valence electrons. The second-order valence-corrected chi connectivity index (χ2v) is 7.72. The van der Waals surface area contributed by atoms with E-state index in [9.17, 15) is 31.5 Å². The number of anilines is 1. The van der Waals surface area contributed by atoms with E-state index in [0.29, 0.717) is 12.1 Å². The van der Waals surface area contributed by atoms with Gasteiger partial charge < -0.3 is 9.90 Å². The van der Waals surface area contributed by atoms with Gasteiger partial charge in [0.1, 0.15) is 4.90 Å². The molecule has 0 aromatic heterocycles. The van der Waals surface area contributed by atoms with Crippen LogP contribution in [0.2, 0.25) is 15.1 Å². The predicted octanol–water partition coefficient (Wildman–Crippen LogP) is 3.83. The van der Waals surface area contributed by atoms with Crippen molar-refractivity contribution in [2.45, 2.75) is 11.1 Å². The number of carbonyl (C=O) groups is 1. The summed E-state index contributed by atoms with van der Waals surface area (Å²) >= 11 is 16.9. The Bertz CT molecular complexity index is 994. The highest BCUT2D eigenvalue weighted by Gasteiger charge is 2.33. The lowest BCUT2D eigenvalue weighted by atomic mass is 10.2. The fourth-order valence-corrected chi connectivity index (χ4v) is 4.03. The van der Waals surface area contributed by atoms with Gasteiger partial charge in [-0.3, -0.25) is 4.72 Å². The first kappa shape index (κ1) is 20.6. The molecule has 0 aliphatic heterocycles. The highest BCUT2D eigenvalue weighted by molar-refractivity contribution is 7.92. The topological polar surface area (TPSA) is 86.3 Å². The normalized spacial score (nSPS) is 12.1. The highest BCUT2D eigenvalue weighted by atomic mass is 35.5. The van der Waals surface area contributed by atoms with E-state index in [1.54, 1.807) is 0 Å². The third-order valence-corrected chi connectivity index (χ3v) is 5.54. The van der Waals surface area contributed by atoms with Crippen LogP contribution >= 0.6 is 34.8 Å². The lowest BCUT2D eigenvalue weighted by molar-refractivity contribution is -0.255. The number of carboxylic acids is 1. The third-order valence-electron chi connectivity index (χ3n) is 3.05. The van der Waals surface area contributed by atoms with Crippen molar-refractivity contribution in [2.24, 2.45) is 0 Å². The van der Waals surface area contributed by atoms with E-state index < -0.39 is 53.9 Å². The van der Waals surface area contributed by atoms with Gasteiger partial charge in [0.05, 0.1) is 26.6 Å². The van der Waals surface area contributed by atoms with E-state index in [-0.39, 0.29) is 5.02 Å². The van der Waals surface area contributed by atoms with Crippen LogP contribution in [0.5, 0.6) is 0 Å². The molecule has 2 aromatic carbocycles. The molecule has 0 spiro atoms. The zero-order valence-electron chi connectivity index (χ0n) is 12.2. The van der Waals surface area contributed by atoms with Gasteiger partial charge in [-0.1, -0.05) is 34.8 Å². The quantitative estimate of drug-likeness (QED) is 0.772. The average Bonchev–Trinajstić information content (AvgIpc) is 2.47. The number of aromatic carboxylic acids is 1. The van der Waals surface area contributed by atoms with Gasteiger partial charge in [0.2, 0.25) is 0 Å². The van der Waals surface area contributed by atoms with Gasteiger partial charge in [0, 0.05) is 11.3 Å². The van der Waals surface area contributed by atoms with Crippen LogP contribution in [0.4, 0.5) is 18.9 Å². The van der Waals surface area contributed by atoms with E-state index >= 15 is 0 Å². The molecule has 0 unspecified atom stereocenters. The molecule has 5 nitrogen and oxygen atoms in total. The molecule has 0 bridgehead atoms. The van der Waals surface area contributed by atoms with Crippen LogP contribution in [0.25, 0.3) is 0 Å². The van der Waals surface area contributed by atoms with E-state index in [1.807, 2.05) is 4.72 Å². The molecule has 12 heteroatoms. The zero-order chi connectivity index (χ0) is 19.9. The molecule has 0 aliphatic rings. The Labute approximate surface area is 160 Å². The minimum Gasteiger partial charge on any atom is -0.545 e. The maximum absolute atomic E-state index is 12.9. The summed E-state index contributed by atoms with van der Waals surface area (Å²) in [6.45, 7) is 0. The number of hydrogen-bond acceptors (Lipinski definition) is 4. The fraction of sp³-hybridized carbons (Fsp3) is 0.0714. The second kappa shape index (κ2) is 7.15. The highest BCUT2D eigenvalue weighted by Crippen LogP contribution is 2.37. The molecule has 2 rings (SSSR count). The van der Waals surface area contributed by atoms with Gasteiger partial charge in [-0.15, -0.1) is 0 Å². The Hall–Kier alpha value is -1.68. The first-order valence-corrected chi connectivity index (χ1v) is 9.04. The Balaban J connectivity index is 2.51. The van der Waals surface area contributed by atoms with Crippen LogP contribution in [0, 0.1) is 0 Å². The number of nitrogens with one attached hydrogen (secondary N) is 1. The minimum absolute atomic E-state index is 0.361. The number of halogens is 6. The van der Waals surface area contributed by atoms with Crippen LogP contribution in [0.3, 0.4) is 0 Å². The van der Waals surface area contributed by atoms with E-state index in [0.717, 1.165) is 18.2 Å². The summed E-state index contributed by atoms with van der Waals surface area (Å²) in [6, 6.07) is 3.86. The molecule has 0 atom stereocenters. The fourth-order valence-electron chi connectivity index (χ4n) is 1.91. The average molecular weight is 448 g/mol. The van der Waals surface area contributed by atoms with Crippen molar-refractivity contribution in [2.75, 3.05) is 4.72 Å². The summed E-state index contributed by atoms with van der Waals surface area (Å²) in [5.74, 6) is -1.76. The van der Waals surface area contributed by atoms with Crippen molar-refractivity contribution in [1.82, 2.24) is 0 Å². The van der Waals surface area contributed by atoms with E-state index in [2.05, 4.69) is 0 Å². The predicted molar refractivity (Wildman–Crippen MR) is 88.1 cm³/mol. The summed E-state index contributed by atoms with van der Waals surface area (Å²) in [4.78, 5) is 10.3. The molecule has 0 amide bonds. The number of rotatable bonds is 4. The van der Waals surface area contributed by atoms with Crippen LogP contribution in [0.15, 0.2) is 35.2 Å². The molecule has 0 fully saturated rings. The molecule has 0 aliphatic carbocycles. The standard InChI is InChI=1S/C14H7Cl3F3NO4S/c15-9-2-1-6(3-8(9)14(18,19)20)21-26(24,25)12-4-7(13(22)23)10(16)5-11(12)17/h1-5,21H,(H,22,23)/p-1. The number of hydrogen-bond donors (Lipinski definition) is 1. The van der Waals surface area contributed by atoms with E-state index in [1.165, 1.54) is 0 Å². The number of alkyl halides is 3. The molecule has 2 aromatic rings. The van der Waals surface area contributed by atoms with Crippen LogP contribution in [-0.2, 0) is 16.2 Å². The monoisotopic (exact) mass is 446 g/mol. The van der Waals surface area contributed by atoms with Crippen molar-refractivity contribution >= 4 is 56.5 Å². The lowest BCUT2D eigenvalue weighted by Gasteiger charge is -2.15. The van der Waals surface area contributed by atoms with Gasteiger partial charge in [-0.05, 0) is 30.3 Å². The summed E-state index contributed by atoms with van der Waals surface area (Å²) in [7, 11) is -4.53. The molecular formula is C14H6Cl3F3NO4S-. The zero-order valence-corrected chi connectivity index (χ0v) is 15.3. The smallest absolute Gasteiger partial charge is 0.417 e. The summed E-state index contributed by atoms with van der Waals surface area (Å²) in [5, 5.41) is 9.55. The summed E-state index contributed by atoms with van der Waals surface area (Å²) < 4.78 is 65.2. The van der Waals surface area contributed by atoms with Crippen molar-refractivity contribution in [3.8, 4) is 0 Å². The first-order chi connectivity index (χ1) is 11.8. The molecule has 0 radical (unpaired) electrons. The molecule has 0 saturated heterocycles. The van der Waals surface area contributed by atoms with Crippen molar-refractivity contribution < 1.29 is 31.5 Å². The Kier molecular flexibility index (Phi) is 5.67. The minimum atomic E-state index is -4.81. The number of carbonyl (C=O) groups excluding carboxylic acids is 1. The van der Waals surface area contributed by atoms with E-state index in [4.69, 9.17) is 34.8 Å². The molecule has 0 heterocycles. The van der Waals surface area contributed by atoms with Gasteiger partial charge in [-0.2, -0.15) is 13.2 Å². The van der Waals surface area contributed by atoms with Crippen LogP contribution < -0.4 is 9.83 Å². The first-order valence-electron chi connectivity index (χ1n) is 6.43. The Morgan fingerprint density at radius 2 is 1.62 bits per heavy atom. The van der Waals surface area contributed by atoms with Crippen molar-refractivity contribution in [3.63, 3.8) is 0 Å². The maximum Gasteiger partial charge on any atom is 0.417 e. The van der Waals surface area contributed by atoms with Crippen molar-refractivity contribution in [3.05, 3.63) is 56.5 Å². The lowest BCUT2D eigenvalue weighted by Crippen LogP contribution is -2.23. The van der Waals surface area contributed by atoms with Gasteiger partial charge >= 0.3 is 6.18 Å². The summed E-state index contributed by atoms with van der Waals surface area (Å²) in [5.41, 5.74) is -2.36. The number of benzene rings is 2. The largest absolute Gasteiger partial charge is 0.545 e.